The molecule has 0 aliphatic carbocycles. The fourth-order valence-electron chi connectivity index (χ4n) is 5.78. The molecule has 2 atom stereocenters. The van der Waals surface area contributed by atoms with Crippen LogP contribution in [0.15, 0.2) is 120 Å². The molecule has 3 aromatic carbocycles. The minimum Gasteiger partial charge on any atom is -0.492 e. The van der Waals surface area contributed by atoms with E-state index < -0.39 is 23.6 Å². The Balaban J connectivity index is 1.36. The van der Waals surface area contributed by atoms with E-state index in [1.807, 2.05) is 91.0 Å². The molecule has 1 fully saturated rings. The molecule has 1 saturated heterocycles. The molecule has 2 aliphatic heterocycles. The lowest BCUT2D eigenvalue weighted by molar-refractivity contribution is -0.161. The van der Waals surface area contributed by atoms with Crippen LogP contribution in [-0.4, -0.2) is 79.7 Å². The van der Waals surface area contributed by atoms with Crippen LogP contribution in [0.1, 0.15) is 16.7 Å². The Morgan fingerprint density at radius 3 is 2.20 bits per heavy atom. The Labute approximate surface area is 264 Å². The van der Waals surface area contributed by atoms with Crippen LogP contribution in [0.4, 0.5) is 0 Å². The summed E-state index contributed by atoms with van der Waals surface area (Å²) in [7, 11) is 0. The number of nitrogens with one attached hydrogen (secondary N) is 1. The van der Waals surface area contributed by atoms with Crippen LogP contribution >= 0.6 is 11.8 Å². The topological polar surface area (TPSA) is 132 Å². The molecule has 0 radical (unpaired) electrons. The third kappa shape index (κ3) is 5.75. The molecule has 0 spiro atoms. The monoisotopic (exact) mass is 624 g/mol. The van der Waals surface area contributed by atoms with Gasteiger partial charge in [-0.2, -0.15) is 0 Å². The number of carbonyl (C=O) groups excluding carboxylic acids is 2. The van der Waals surface area contributed by atoms with E-state index in [1.165, 1.54) is 27.4 Å². The minimum absolute atomic E-state index is 0.0228. The van der Waals surface area contributed by atoms with E-state index in [-0.39, 0.29) is 49.5 Å². The van der Waals surface area contributed by atoms with Crippen molar-refractivity contribution in [2.45, 2.75) is 29.3 Å². The van der Waals surface area contributed by atoms with Crippen molar-refractivity contribution in [1.82, 2.24) is 30.4 Å². The molecule has 4 aromatic rings. The second kappa shape index (κ2) is 13.5. The molecule has 45 heavy (non-hydrogen) atoms. The first-order valence-corrected chi connectivity index (χ1v) is 15.5. The molecule has 6 rings (SSSR count). The number of ether oxygens (including phenoxy) is 2. The van der Waals surface area contributed by atoms with Crippen molar-refractivity contribution < 1.29 is 24.2 Å². The van der Waals surface area contributed by atoms with Crippen LogP contribution in [0.2, 0.25) is 0 Å². The van der Waals surface area contributed by atoms with Crippen molar-refractivity contribution in [3.05, 3.63) is 132 Å². The summed E-state index contributed by atoms with van der Waals surface area (Å²) < 4.78 is 13.1. The lowest BCUT2D eigenvalue weighted by Gasteiger charge is -2.53. The van der Waals surface area contributed by atoms with Crippen LogP contribution in [-0.2, 0) is 31.1 Å². The maximum Gasteiger partial charge on any atom is 0.358 e. The number of fused-ring (bicyclic) bond motifs is 1. The third-order valence-electron chi connectivity index (χ3n) is 7.81. The second-order valence-corrected chi connectivity index (χ2v) is 11.4. The summed E-state index contributed by atoms with van der Waals surface area (Å²) in [6.45, 7) is 3.85. The molecule has 1 aromatic heterocycles. The van der Waals surface area contributed by atoms with Crippen molar-refractivity contribution in [3.63, 3.8) is 0 Å². The molecule has 11 nitrogen and oxygen atoms in total. The molecule has 3 heterocycles. The van der Waals surface area contributed by atoms with Gasteiger partial charge in [0.05, 0.1) is 30.5 Å². The molecule has 0 saturated carbocycles. The smallest absolute Gasteiger partial charge is 0.358 e. The minimum atomic E-state index is -0.886. The Kier molecular flexibility index (Phi) is 9.06. The fraction of sp³-hybridized carbons (Fsp3) is 0.242. The first kappa shape index (κ1) is 30.3. The van der Waals surface area contributed by atoms with Crippen molar-refractivity contribution in [1.29, 1.82) is 0 Å². The highest BCUT2D eigenvalue weighted by Crippen LogP contribution is 2.41. The zero-order valence-electron chi connectivity index (χ0n) is 24.4. The number of hydrogen-bond acceptors (Lipinski definition) is 10. The lowest BCUT2D eigenvalue weighted by atomic mass is 9.75. The molecule has 0 bridgehead atoms. The molecule has 2 N–H and O–H groups in total. The van der Waals surface area contributed by atoms with Crippen molar-refractivity contribution >= 4 is 23.6 Å². The highest BCUT2D eigenvalue weighted by atomic mass is 32.2. The Morgan fingerprint density at radius 1 is 1.04 bits per heavy atom. The van der Waals surface area contributed by atoms with Crippen LogP contribution in [0.5, 0.6) is 0 Å². The third-order valence-corrected chi connectivity index (χ3v) is 8.77. The van der Waals surface area contributed by atoms with Gasteiger partial charge in [0, 0.05) is 0 Å². The van der Waals surface area contributed by atoms with Crippen LogP contribution < -0.4 is 5.32 Å². The predicted molar refractivity (Wildman–Crippen MR) is 167 cm³/mol. The molecule has 1 amide bonds. The van der Waals surface area contributed by atoms with Crippen LogP contribution in [0.25, 0.3) is 0 Å². The van der Waals surface area contributed by atoms with Gasteiger partial charge in [0.15, 0.2) is 5.70 Å². The number of thioether (sulfide) groups is 1. The van der Waals surface area contributed by atoms with Gasteiger partial charge in [0.25, 0.3) is 0 Å². The highest BCUT2D eigenvalue weighted by Gasteiger charge is 2.57. The van der Waals surface area contributed by atoms with Gasteiger partial charge < -0.3 is 14.6 Å². The summed E-state index contributed by atoms with van der Waals surface area (Å²) in [6, 6.07) is 28.9. The summed E-state index contributed by atoms with van der Waals surface area (Å²) in [5, 5.41) is 25.0. The number of benzene rings is 3. The number of amides is 1. The molecular weight excluding hydrogens is 592 g/mol. The summed E-state index contributed by atoms with van der Waals surface area (Å²) in [5.41, 5.74) is 2.05. The number of tetrazole rings is 1. The number of hydrogen-bond donors (Lipinski definition) is 2. The van der Waals surface area contributed by atoms with E-state index >= 15 is 0 Å². The first-order chi connectivity index (χ1) is 22.1. The average molecular weight is 625 g/mol. The van der Waals surface area contributed by atoms with E-state index in [2.05, 4.69) is 27.4 Å². The van der Waals surface area contributed by atoms with Gasteiger partial charge in [0.1, 0.15) is 25.0 Å². The maximum absolute atomic E-state index is 14.1. The van der Waals surface area contributed by atoms with Gasteiger partial charge in [-0.3, -0.25) is 15.0 Å². The largest absolute Gasteiger partial charge is 0.492 e. The number of aromatic nitrogens is 4. The number of rotatable bonds is 13. The predicted octanol–water partition coefficient (Wildman–Crippen LogP) is 2.89. The van der Waals surface area contributed by atoms with Gasteiger partial charge in [-0.15, -0.1) is 5.10 Å². The molecule has 12 heteroatoms. The van der Waals surface area contributed by atoms with Gasteiger partial charge in [0.2, 0.25) is 11.1 Å². The van der Waals surface area contributed by atoms with Gasteiger partial charge in [-0.05, 0) is 27.1 Å². The Morgan fingerprint density at radius 2 is 1.64 bits per heavy atom. The molecule has 2 aliphatic rings. The molecule has 230 valence electrons. The van der Waals surface area contributed by atoms with Gasteiger partial charge in [-0.1, -0.05) is 115 Å². The SMILES string of the molecule is C=CCOC(=O)C1=C(CSc2nnnn2CCO)OC[C@@H]2[C@H](NC(c3ccccc3)(c3ccccc3)c3ccccc3)C(=O)N12. The Hall–Kier alpha value is -4.78. The number of esters is 1. The van der Waals surface area contributed by atoms with Crippen LogP contribution in [0.3, 0.4) is 0 Å². The van der Waals surface area contributed by atoms with Crippen molar-refractivity contribution in [3.8, 4) is 0 Å². The summed E-state index contributed by atoms with van der Waals surface area (Å²) >= 11 is 1.23. The molecule has 0 unspecified atom stereocenters. The zero-order chi connectivity index (χ0) is 31.2. The lowest BCUT2D eigenvalue weighted by Crippen LogP contribution is -2.75. The fourth-order valence-corrected chi connectivity index (χ4v) is 6.63. The van der Waals surface area contributed by atoms with E-state index in [0.717, 1.165) is 16.7 Å². The van der Waals surface area contributed by atoms with E-state index in [9.17, 15) is 14.7 Å². The summed E-state index contributed by atoms with van der Waals surface area (Å²) in [4.78, 5) is 29.0. The van der Waals surface area contributed by atoms with Crippen molar-refractivity contribution in [2.24, 2.45) is 0 Å². The van der Waals surface area contributed by atoms with E-state index in [0.29, 0.717) is 5.16 Å². The number of nitrogens with zero attached hydrogens (tertiary/aromatic N) is 5. The Bertz CT molecular complexity index is 1580. The standard InChI is InChI=1S/C33H32N6O5S/c1-2-20-43-31(42)29-27(22-45-32-35-36-37-38(32)18-19-40)44-21-26-28(30(41)39(26)29)34-33(23-12-6-3-7-13-23,24-14-8-4-9-15-24)25-16-10-5-11-17-25/h2-17,26,28,34,40H,1,18-22H2/t26-,28+/m1/s1. The number of β-lactam (4-membered cyclic amide) rings is 1. The highest BCUT2D eigenvalue weighted by molar-refractivity contribution is 7.99. The normalized spacial score (nSPS) is 17.7. The van der Waals surface area contributed by atoms with Gasteiger partial charge in [-0.25, -0.2) is 9.48 Å². The van der Waals surface area contributed by atoms with Crippen molar-refractivity contribution in [2.75, 3.05) is 25.6 Å². The number of aliphatic hydroxyl groups excluding tert-OH is 1. The first-order valence-electron chi connectivity index (χ1n) is 14.5. The van der Waals surface area contributed by atoms with Gasteiger partial charge >= 0.3 is 5.97 Å². The van der Waals surface area contributed by atoms with E-state index in [1.54, 1.807) is 0 Å². The van der Waals surface area contributed by atoms with E-state index in [4.69, 9.17) is 9.47 Å². The average Bonchev–Trinajstić information content (AvgIpc) is 3.54. The van der Waals surface area contributed by atoms with Crippen LogP contribution in [0, 0.1) is 0 Å². The second-order valence-electron chi connectivity index (χ2n) is 10.4. The summed E-state index contributed by atoms with van der Waals surface area (Å²) in [5.74, 6) is -0.497. The summed E-state index contributed by atoms with van der Waals surface area (Å²) in [6.07, 6.45) is 1.47. The number of aliphatic hydroxyl groups is 1. The quantitative estimate of drug-likeness (QED) is 0.0753. The number of carbonyl (C=O) groups is 2. The maximum atomic E-state index is 14.1. The zero-order valence-corrected chi connectivity index (χ0v) is 25.2. The molecular formula is C33H32N6O5S.